The van der Waals surface area contributed by atoms with Gasteiger partial charge in [-0.15, -0.1) is 11.3 Å². The van der Waals surface area contributed by atoms with Crippen LogP contribution in [0.1, 0.15) is 12.0 Å². The Morgan fingerprint density at radius 3 is 2.86 bits per heavy atom. The zero-order valence-electron chi connectivity index (χ0n) is 7.66. The van der Waals surface area contributed by atoms with Gasteiger partial charge in [-0.05, 0) is 45.8 Å². The molecule has 0 fully saturated rings. The summed E-state index contributed by atoms with van der Waals surface area (Å²) < 4.78 is 2.51. The van der Waals surface area contributed by atoms with E-state index in [4.69, 9.17) is 5.11 Å². The van der Waals surface area contributed by atoms with Crippen LogP contribution in [0.25, 0.3) is 10.1 Å². The van der Waals surface area contributed by atoms with E-state index in [1.54, 1.807) is 11.3 Å². The van der Waals surface area contributed by atoms with Crippen LogP contribution in [0.4, 0.5) is 0 Å². The largest absolute Gasteiger partial charge is 0.396 e. The Kier molecular flexibility index (Phi) is 3.21. The van der Waals surface area contributed by atoms with Gasteiger partial charge in [0.2, 0.25) is 0 Å². The van der Waals surface area contributed by atoms with Gasteiger partial charge < -0.3 is 5.11 Å². The number of benzene rings is 1. The summed E-state index contributed by atoms with van der Waals surface area (Å²) in [5.41, 5.74) is 1.33. The van der Waals surface area contributed by atoms with Crippen molar-refractivity contribution in [3.05, 3.63) is 33.6 Å². The predicted octanol–water partition coefficient (Wildman–Crippen LogP) is 3.59. The van der Waals surface area contributed by atoms with E-state index in [-0.39, 0.29) is 6.61 Å². The molecular formula is C11H11BrOS. The van der Waals surface area contributed by atoms with Crippen molar-refractivity contribution in [3.63, 3.8) is 0 Å². The Morgan fingerprint density at radius 1 is 1.29 bits per heavy atom. The van der Waals surface area contributed by atoms with Crippen LogP contribution in [-0.4, -0.2) is 11.7 Å². The van der Waals surface area contributed by atoms with Crippen LogP contribution in [0.2, 0.25) is 0 Å². The quantitative estimate of drug-likeness (QED) is 0.904. The molecule has 0 aliphatic carbocycles. The number of thiophene rings is 1. The van der Waals surface area contributed by atoms with Crippen LogP contribution >= 0.6 is 27.3 Å². The zero-order valence-corrected chi connectivity index (χ0v) is 10.1. The monoisotopic (exact) mass is 270 g/mol. The van der Waals surface area contributed by atoms with Gasteiger partial charge in [0.15, 0.2) is 0 Å². The second-order valence-electron chi connectivity index (χ2n) is 3.18. The molecule has 14 heavy (non-hydrogen) atoms. The number of aryl methyl sites for hydroxylation is 1. The second-order valence-corrected chi connectivity index (χ2v) is 5.55. The summed E-state index contributed by atoms with van der Waals surface area (Å²) >= 11 is 5.34. The summed E-state index contributed by atoms with van der Waals surface area (Å²) in [6, 6.07) is 8.39. The SMILES string of the molecule is OCCCc1c(Br)sc2ccccc12. The Bertz CT molecular complexity index is 436. The molecule has 3 heteroatoms. The van der Waals surface area contributed by atoms with Gasteiger partial charge in [0.1, 0.15) is 0 Å². The first-order valence-electron chi connectivity index (χ1n) is 4.59. The topological polar surface area (TPSA) is 20.2 Å². The molecule has 0 saturated heterocycles. The molecule has 1 aromatic heterocycles. The van der Waals surface area contributed by atoms with Crippen molar-refractivity contribution >= 4 is 37.4 Å². The normalized spacial score (nSPS) is 11.0. The zero-order chi connectivity index (χ0) is 9.97. The summed E-state index contributed by atoms with van der Waals surface area (Å²) in [6.45, 7) is 0.261. The average molecular weight is 271 g/mol. The van der Waals surface area contributed by atoms with Gasteiger partial charge in [-0.3, -0.25) is 0 Å². The number of hydrogen-bond acceptors (Lipinski definition) is 2. The van der Waals surface area contributed by atoms with Gasteiger partial charge >= 0.3 is 0 Å². The molecule has 0 atom stereocenters. The third kappa shape index (κ3) is 1.85. The summed E-state index contributed by atoms with van der Waals surface area (Å²) in [7, 11) is 0. The van der Waals surface area contributed by atoms with E-state index in [0.29, 0.717) is 0 Å². The fourth-order valence-electron chi connectivity index (χ4n) is 1.56. The number of aliphatic hydroxyl groups excluding tert-OH is 1. The molecule has 1 heterocycles. The van der Waals surface area contributed by atoms with Crippen LogP contribution < -0.4 is 0 Å². The Labute approximate surface area is 95.5 Å². The van der Waals surface area contributed by atoms with Crippen molar-refractivity contribution in [1.82, 2.24) is 0 Å². The minimum Gasteiger partial charge on any atom is -0.396 e. The second kappa shape index (κ2) is 4.43. The van der Waals surface area contributed by atoms with Gasteiger partial charge in [-0.2, -0.15) is 0 Å². The molecule has 1 aromatic carbocycles. The van der Waals surface area contributed by atoms with E-state index < -0.39 is 0 Å². The number of fused-ring (bicyclic) bond motifs is 1. The van der Waals surface area contributed by atoms with Gasteiger partial charge in [0, 0.05) is 11.3 Å². The third-order valence-electron chi connectivity index (χ3n) is 2.23. The van der Waals surface area contributed by atoms with E-state index in [1.807, 2.05) is 0 Å². The predicted molar refractivity (Wildman–Crippen MR) is 64.9 cm³/mol. The molecule has 2 rings (SSSR count). The molecule has 0 bridgehead atoms. The van der Waals surface area contributed by atoms with Gasteiger partial charge in [-0.1, -0.05) is 18.2 Å². The first-order valence-corrected chi connectivity index (χ1v) is 6.20. The van der Waals surface area contributed by atoms with Crippen molar-refractivity contribution in [2.45, 2.75) is 12.8 Å². The summed E-state index contributed by atoms with van der Waals surface area (Å²) in [4.78, 5) is 0. The molecule has 0 spiro atoms. The van der Waals surface area contributed by atoms with Crippen LogP contribution in [-0.2, 0) is 6.42 Å². The lowest BCUT2D eigenvalue weighted by atomic mass is 10.1. The first kappa shape index (κ1) is 10.1. The summed E-state index contributed by atoms with van der Waals surface area (Å²) in [6.07, 6.45) is 1.78. The molecule has 1 nitrogen and oxygen atoms in total. The van der Waals surface area contributed by atoms with Crippen molar-refractivity contribution in [2.24, 2.45) is 0 Å². The van der Waals surface area contributed by atoms with E-state index in [1.165, 1.54) is 19.4 Å². The van der Waals surface area contributed by atoms with Crippen molar-refractivity contribution in [2.75, 3.05) is 6.61 Å². The third-order valence-corrected chi connectivity index (χ3v) is 4.20. The highest BCUT2D eigenvalue weighted by Crippen LogP contribution is 2.35. The molecule has 0 saturated carbocycles. The molecule has 0 aliphatic heterocycles. The molecule has 0 amide bonds. The lowest BCUT2D eigenvalue weighted by molar-refractivity contribution is 0.288. The van der Waals surface area contributed by atoms with Crippen LogP contribution in [0.15, 0.2) is 28.1 Å². The molecule has 0 unspecified atom stereocenters. The average Bonchev–Trinajstić information content (AvgIpc) is 2.51. The van der Waals surface area contributed by atoms with Crippen LogP contribution in [0.5, 0.6) is 0 Å². The summed E-state index contributed by atoms with van der Waals surface area (Å²) in [5.74, 6) is 0. The highest BCUT2D eigenvalue weighted by molar-refractivity contribution is 9.11. The highest BCUT2D eigenvalue weighted by Gasteiger charge is 2.08. The van der Waals surface area contributed by atoms with Crippen LogP contribution in [0, 0.1) is 0 Å². The maximum absolute atomic E-state index is 8.82. The minimum atomic E-state index is 0.261. The smallest absolute Gasteiger partial charge is 0.0743 e. The molecular weight excluding hydrogens is 260 g/mol. The summed E-state index contributed by atoms with van der Waals surface area (Å²) in [5, 5.41) is 10.1. The lowest BCUT2D eigenvalue weighted by Crippen LogP contribution is -1.88. The van der Waals surface area contributed by atoms with E-state index >= 15 is 0 Å². The molecule has 2 aromatic rings. The number of hydrogen-bond donors (Lipinski definition) is 1. The highest BCUT2D eigenvalue weighted by atomic mass is 79.9. The standard InChI is InChI=1S/C11H11BrOS/c12-11-9(5-3-7-13)8-4-1-2-6-10(8)14-11/h1-2,4,6,13H,3,5,7H2. The number of rotatable bonds is 3. The number of halogens is 1. The number of aliphatic hydroxyl groups is 1. The van der Waals surface area contributed by atoms with Gasteiger partial charge in [-0.25, -0.2) is 0 Å². The van der Waals surface area contributed by atoms with Gasteiger partial charge in [0.05, 0.1) is 3.79 Å². The van der Waals surface area contributed by atoms with Crippen molar-refractivity contribution in [1.29, 1.82) is 0 Å². The Balaban J connectivity index is 2.45. The Morgan fingerprint density at radius 2 is 2.07 bits per heavy atom. The van der Waals surface area contributed by atoms with Crippen molar-refractivity contribution < 1.29 is 5.11 Å². The maximum Gasteiger partial charge on any atom is 0.0743 e. The minimum absolute atomic E-state index is 0.261. The maximum atomic E-state index is 8.82. The van der Waals surface area contributed by atoms with Crippen LogP contribution in [0.3, 0.4) is 0 Å². The molecule has 0 aliphatic rings. The molecule has 0 radical (unpaired) electrons. The van der Waals surface area contributed by atoms with E-state index in [0.717, 1.165) is 12.8 Å². The lowest BCUT2D eigenvalue weighted by Gasteiger charge is -1.98. The van der Waals surface area contributed by atoms with E-state index in [9.17, 15) is 0 Å². The first-order chi connectivity index (χ1) is 6.83. The van der Waals surface area contributed by atoms with E-state index in [2.05, 4.69) is 40.2 Å². The Hall–Kier alpha value is -0.380. The van der Waals surface area contributed by atoms with Crippen molar-refractivity contribution in [3.8, 4) is 0 Å². The fourth-order valence-corrected chi connectivity index (χ4v) is 3.47. The molecule has 74 valence electrons. The van der Waals surface area contributed by atoms with Gasteiger partial charge in [0.25, 0.3) is 0 Å². The molecule has 1 N–H and O–H groups in total. The fraction of sp³-hybridized carbons (Fsp3) is 0.273.